The molecule has 12 heteroatoms. The molecule has 0 unspecified atom stereocenters. The van der Waals surface area contributed by atoms with Gasteiger partial charge in [-0.3, -0.25) is 13.9 Å². The summed E-state index contributed by atoms with van der Waals surface area (Å²) in [6, 6.07) is 14.5. The Labute approximate surface area is 255 Å². The van der Waals surface area contributed by atoms with Gasteiger partial charge in [0, 0.05) is 29.2 Å². The van der Waals surface area contributed by atoms with E-state index in [2.05, 4.69) is 30.6 Å². The molecule has 1 aliphatic rings. The van der Waals surface area contributed by atoms with Gasteiger partial charge in [-0.2, -0.15) is 13.2 Å². The Hall–Kier alpha value is -5.52. The van der Waals surface area contributed by atoms with Gasteiger partial charge in [-0.1, -0.05) is 18.2 Å². The van der Waals surface area contributed by atoms with Crippen molar-refractivity contribution in [1.82, 2.24) is 29.1 Å². The Morgan fingerprint density at radius 3 is 2.56 bits per heavy atom. The zero-order chi connectivity index (χ0) is 31.3. The zero-order valence-electron chi connectivity index (χ0n) is 24.3. The SMILES string of the molecule is Cc1ccc(C(=O)Nc2cc(-n3cnc4c(C)cccc43)cc(C(F)(F)F)c2)cc1C=Cn1cnc2c(NC3CC3)ncnc21. The van der Waals surface area contributed by atoms with Crippen LogP contribution in [0.5, 0.6) is 0 Å². The van der Waals surface area contributed by atoms with Gasteiger partial charge in [-0.05, 0) is 85.9 Å². The average molecular weight is 609 g/mol. The minimum Gasteiger partial charge on any atom is -0.365 e. The lowest BCUT2D eigenvalue weighted by Crippen LogP contribution is -2.14. The minimum absolute atomic E-state index is 0.0113. The van der Waals surface area contributed by atoms with Crippen molar-refractivity contribution in [1.29, 1.82) is 0 Å². The van der Waals surface area contributed by atoms with E-state index in [0.29, 0.717) is 34.1 Å². The fraction of sp³-hybridized carbons (Fsp3) is 0.182. The van der Waals surface area contributed by atoms with Gasteiger partial charge in [0.05, 0.1) is 16.6 Å². The minimum atomic E-state index is -4.62. The molecule has 3 aromatic carbocycles. The number of halogens is 3. The molecule has 226 valence electrons. The van der Waals surface area contributed by atoms with Gasteiger partial charge in [-0.25, -0.2) is 19.9 Å². The topological polar surface area (TPSA) is 103 Å². The average Bonchev–Trinajstić information content (AvgIpc) is 3.55. The molecule has 1 amide bonds. The molecule has 0 saturated heterocycles. The third-order valence-corrected chi connectivity index (χ3v) is 7.79. The second kappa shape index (κ2) is 10.9. The quantitative estimate of drug-likeness (QED) is 0.198. The second-order valence-electron chi connectivity index (χ2n) is 11.1. The van der Waals surface area contributed by atoms with E-state index in [1.165, 1.54) is 18.7 Å². The second-order valence-corrected chi connectivity index (χ2v) is 11.1. The number of nitrogens with one attached hydrogen (secondary N) is 2. The molecule has 0 atom stereocenters. The number of alkyl halides is 3. The third kappa shape index (κ3) is 5.62. The lowest BCUT2D eigenvalue weighted by molar-refractivity contribution is -0.137. The predicted molar refractivity (Wildman–Crippen MR) is 167 cm³/mol. The van der Waals surface area contributed by atoms with Gasteiger partial charge in [0.2, 0.25) is 0 Å². The number of fused-ring (bicyclic) bond motifs is 2. The van der Waals surface area contributed by atoms with E-state index in [-0.39, 0.29) is 16.9 Å². The summed E-state index contributed by atoms with van der Waals surface area (Å²) in [4.78, 5) is 30.9. The Kier molecular flexibility index (Phi) is 6.83. The van der Waals surface area contributed by atoms with Crippen LogP contribution in [0.1, 0.15) is 45.5 Å². The van der Waals surface area contributed by atoms with Crippen LogP contribution in [0, 0.1) is 13.8 Å². The largest absolute Gasteiger partial charge is 0.416 e. The van der Waals surface area contributed by atoms with Crippen LogP contribution in [0.25, 0.3) is 40.2 Å². The molecule has 6 aromatic rings. The molecule has 0 radical (unpaired) electrons. The number of imidazole rings is 2. The number of nitrogens with zero attached hydrogens (tertiary/aromatic N) is 6. The van der Waals surface area contributed by atoms with Gasteiger partial charge < -0.3 is 10.6 Å². The maximum atomic E-state index is 13.9. The summed E-state index contributed by atoms with van der Waals surface area (Å²) in [6.45, 7) is 3.79. The van der Waals surface area contributed by atoms with Crippen LogP contribution in [0.2, 0.25) is 0 Å². The number of aromatic nitrogens is 6. The number of carbonyl (C=O) groups excluding carboxylic acids is 1. The lowest BCUT2D eigenvalue weighted by Gasteiger charge is -2.14. The lowest BCUT2D eigenvalue weighted by atomic mass is 10.0. The standard InChI is InChI=1S/C33H27F3N8O/c1-19-6-7-22(12-21(19)10-11-43-17-39-29-30(41-24-8-9-24)37-16-38-31(29)43)32(45)42-25-13-23(33(34,35)36)14-26(15-25)44-18-40-28-20(2)4-3-5-27(28)44/h3-7,10-18,24H,8-9H2,1-2H3,(H,42,45)(H,37,38,41). The summed E-state index contributed by atoms with van der Waals surface area (Å²) in [5, 5.41) is 6.03. The first kappa shape index (κ1) is 28.3. The normalized spacial score (nSPS) is 13.6. The molecule has 0 spiro atoms. The number of para-hydroxylation sites is 1. The van der Waals surface area contributed by atoms with E-state index in [0.717, 1.165) is 41.7 Å². The van der Waals surface area contributed by atoms with E-state index in [1.54, 1.807) is 45.9 Å². The number of hydrogen-bond donors (Lipinski definition) is 2. The smallest absolute Gasteiger partial charge is 0.365 e. The van der Waals surface area contributed by atoms with Crippen molar-refractivity contribution in [2.45, 2.75) is 38.9 Å². The Morgan fingerprint density at radius 1 is 0.933 bits per heavy atom. The van der Waals surface area contributed by atoms with Crippen LogP contribution in [-0.4, -0.2) is 41.0 Å². The van der Waals surface area contributed by atoms with Gasteiger partial charge >= 0.3 is 6.18 Å². The molecule has 1 saturated carbocycles. The van der Waals surface area contributed by atoms with E-state index in [9.17, 15) is 18.0 Å². The highest BCUT2D eigenvalue weighted by atomic mass is 19.4. The number of rotatable bonds is 7. The highest BCUT2D eigenvalue weighted by molar-refractivity contribution is 6.05. The number of hydrogen-bond acceptors (Lipinski definition) is 6. The number of benzene rings is 3. The van der Waals surface area contributed by atoms with E-state index >= 15 is 0 Å². The molecule has 7 rings (SSSR count). The van der Waals surface area contributed by atoms with Crippen LogP contribution in [0.15, 0.2) is 73.6 Å². The van der Waals surface area contributed by atoms with Crippen molar-refractivity contribution in [2.24, 2.45) is 0 Å². The Morgan fingerprint density at radius 2 is 1.76 bits per heavy atom. The molecule has 2 N–H and O–H groups in total. The molecule has 45 heavy (non-hydrogen) atoms. The zero-order valence-corrected chi connectivity index (χ0v) is 24.3. The van der Waals surface area contributed by atoms with Crippen molar-refractivity contribution in [3.8, 4) is 5.69 Å². The van der Waals surface area contributed by atoms with Crippen molar-refractivity contribution < 1.29 is 18.0 Å². The monoisotopic (exact) mass is 608 g/mol. The summed E-state index contributed by atoms with van der Waals surface area (Å²) in [6.07, 6.45) is 5.83. The number of amides is 1. The maximum Gasteiger partial charge on any atom is 0.416 e. The van der Waals surface area contributed by atoms with Gasteiger partial charge in [-0.15, -0.1) is 0 Å². The van der Waals surface area contributed by atoms with Crippen molar-refractivity contribution in [3.63, 3.8) is 0 Å². The molecule has 1 fully saturated rings. The summed E-state index contributed by atoms with van der Waals surface area (Å²) in [7, 11) is 0. The third-order valence-electron chi connectivity index (χ3n) is 7.79. The highest BCUT2D eigenvalue weighted by Gasteiger charge is 2.32. The van der Waals surface area contributed by atoms with Crippen molar-refractivity contribution in [2.75, 3.05) is 10.6 Å². The van der Waals surface area contributed by atoms with Gasteiger partial charge in [0.1, 0.15) is 19.0 Å². The molecule has 3 aromatic heterocycles. The van der Waals surface area contributed by atoms with Gasteiger partial charge in [0.15, 0.2) is 17.0 Å². The summed E-state index contributed by atoms with van der Waals surface area (Å²) >= 11 is 0. The molecule has 1 aliphatic carbocycles. The number of carbonyl (C=O) groups is 1. The van der Waals surface area contributed by atoms with E-state index in [4.69, 9.17) is 0 Å². The first-order valence-corrected chi connectivity index (χ1v) is 14.3. The van der Waals surface area contributed by atoms with Crippen LogP contribution >= 0.6 is 0 Å². The fourth-order valence-corrected chi connectivity index (χ4v) is 5.19. The summed E-state index contributed by atoms with van der Waals surface area (Å²) < 4.78 is 45.2. The number of anilines is 2. The molecular formula is C33H27F3N8O. The van der Waals surface area contributed by atoms with E-state index < -0.39 is 17.6 Å². The fourth-order valence-electron chi connectivity index (χ4n) is 5.19. The molecule has 0 aliphatic heterocycles. The Bertz CT molecular complexity index is 2120. The van der Waals surface area contributed by atoms with Crippen LogP contribution in [0.3, 0.4) is 0 Å². The van der Waals surface area contributed by atoms with Crippen LogP contribution in [0.4, 0.5) is 24.7 Å². The summed E-state index contributed by atoms with van der Waals surface area (Å²) in [5.74, 6) is 0.149. The molecule has 3 heterocycles. The van der Waals surface area contributed by atoms with Crippen LogP contribution in [-0.2, 0) is 6.18 Å². The Balaban J connectivity index is 1.17. The van der Waals surface area contributed by atoms with Crippen LogP contribution < -0.4 is 10.6 Å². The highest BCUT2D eigenvalue weighted by Crippen LogP contribution is 2.34. The van der Waals surface area contributed by atoms with E-state index in [1.807, 2.05) is 32.1 Å². The molecular weight excluding hydrogens is 581 g/mol. The molecule has 0 bridgehead atoms. The first-order valence-electron chi connectivity index (χ1n) is 14.3. The molecule has 9 nitrogen and oxygen atoms in total. The maximum absolute atomic E-state index is 13.9. The van der Waals surface area contributed by atoms with Gasteiger partial charge in [0.25, 0.3) is 5.91 Å². The van der Waals surface area contributed by atoms with Crippen molar-refractivity contribution in [3.05, 3.63) is 101 Å². The first-order chi connectivity index (χ1) is 21.6. The summed E-state index contributed by atoms with van der Waals surface area (Å²) in [5.41, 5.74) is 4.85. The van der Waals surface area contributed by atoms with Crippen molar-refractivity contribution >= 4 is 51.9 Å². The number of aryl methyl sites for hydroxylation is 2. The predicted octanol–water partition coefficient (Wildman–Crippen LogP) is 7.26.